The van der Waals surface area contributed by atoms with E-state index in [2.05, 4.69) is 20.9 Å². The van der Waals surface area contributed by atoms with E-state index in [0.717, 1.165) is 6.26 Å². The zero-order chi connectivity index (χ0) is 17.5. The predicted molar refractivity (Wildman–Crippen MR) is 100 cm³/mol. The lowest BCUT2D eigenvalue weighted by atomic mass is 10.2. The summed E-state index contributed by atoms with van der Waals surface area (Å²) in [5.41, 5.74) is 6.17. The Hall–Kier alpha value is -1.77. The van der Waals surface area contributed by atoms with Crippen LogP contribution in [0.15, 0.2) is 53.6 Å². The van der Waals surface area contributed by atoms with E-state index in [-0.39, 0.29) is 34.3 Å². The quantitative estimate of drug-likeness (QED) is 0.332. The molecule has 1 heterocycles. The Morgan fingerprint density at radius 2 is 1.79 bits per heavy atom. The summed E-state index contributed by atoms with van der Waals surface area (Å²) in [6, 6.07) is 11.2. The second-order valence-electron chi connectivity index (χ2n) is 4.48. The Morgan fingerprint density at radius 1 is 1.21 bits per heavy atom. The molecule has 0 fully saturated rings. The molecule has 0 aliphatic rings. The number of rotatable bonds is 4. The summed E-state index contributed by atoms with van der Waals surface area (Å²) in [5.74, 6) is -0.0550. The number of halogens is 2. The van der Waals surface area contributed by atoms with E-state index in [9.17, 15) is 13.2 Å². The molecule has 130 valence electrons. The third kappa shape index (κ3) is 7.20. The third-order valence-corrected chi connectivity index (χ3v) is 4.30. The lowest BCUT2D eigenvalue weighted by molar-refractivity contribution is 0.102. The smallest absolute Gasteiger partial charge is 0.175 e. The molecule has 2 aromatic rings. The van der Waals surface area contributed by atoms with Gasteiger partial charge in [0.2, 0.25) is 0 Å². The number of pyridine rings is 1. The van der Waals surface area contributed by atoms with Crippen molar-refractivity contribution < 1.29 is 13.2 Å². The summed E-state index contributed by atoms with van der Waals surface area (Å²) in [6.07, 6.45) is 2.74. The minimum atomic E-state index is -3.18. The highest BCUT2D eigenvalue weighted by atomic mass is 79.9. The Labute approximate surface area is 155 Å². The number of nitrogen functional groups attached to an aromatic ring is 1. The van der Waals surface area contributed by atoms with E-state index < -0.39 is 9.84 Å². The molecule has 3 N–H and O–H groups in total. The molecule has 24 heavy (non-hydrogen) atoms. The number of sulfone groups is 1. The van der Waals surface area contributed by atoms with E-state index in [4.69, 9.17) is 11.1 Å². The number of benzene rings is 1. The number of hydrogen-bond acceptors (Lipinski definition) is 5. The number of nitrogens with one attached hydrogen (secondary N) is 1. The summed E-state index contributed by atoms with van der Waals surface area (Å²) in [6.45, 7) is 0. The molecule has 1 aromatic heterocycles. The molecule has 0 aliphatic heterocycles. The van der Waals surface area contributed by atoms with Crippen LogP contribution in [-0.4, -0.2) is 36.6 Å². The van der Waals surface area contributed by atoms with E-state index in [1.54, 1.807) is 24.4 Å². The van der Waals surface area contributed by atoms with Crippen molar-refractivity contribution in [3.05, 3.63) is 59.9 Å². The topological polar surface area (TPSA) is 114 Å². The predicted octanol–water partition coefficient (Wildman–Crippen LogP) is 2.46. The number of nitrogens with zero attached hydrogens (tertiary/aromatic N) is 1. The van der Waals surface area contributed by atoms with Gasteiger partial charge in [0, 0.05) is 18.0 Å². The summed E-state index contributed by atoms with van der Waals surface area (Å²) < 4.78 is 22.2. The number of Topliss-reactive ketones (excluding diaryl/α,β-unsaturated/α-hetero) is 1. The number of nitrogens with two attached hydrogens (primary N) is 1. The first-order valence-corrected chi connectivity index (χ1v) is 9.41. The fraction of sp³-hybridized carbons (Fsp3) is 0.133. The van der Waals surface area contributed by atoms with E-state index in [0.29, 0.717) is 11.3 Å². The molecule has 0 aliphatic carbocycles. The van der Waals surface area contributed by atoms with E-state index in [1.165, 1.54) is 24.3 Å². The zero-order valence-electron chi connectivity index (χ0n) is 12.8. The maximum atomic E-state index is 11.2. The van der Waals surface area contributed by atoms with Crippen LogP contribution >= 0.6 is 28.3 Å². The minimum Gasteiger partial charge on any atom is -0.382 e. The maximum absolute atomic E-state index is 11.2. The highest BCUT2D eigenvalue weighted by molar-refractivity contribution is 9.09. The van der Waals surface area contributed by atoms with Crippen molar-refractivity contribution >= 4 is 49.8 Å². The SMILES string of the molecule is CS(=O)(=O)c1ccc(C(=O)CBr)cc1.Cl.N=C(N)c1ccccn1. The van der Waals surface area contributed by atoms with Gasteiger partial charge in [-0.05, 0) is 24.3 Å². The first-order valence-electron chi connectivity index (χ1n) is 6.40. The molecule has 0 saturated carbocycles. The van der Waals surface area contributed by atoms with Crippen LogP contribution < -0.4 is 5.73 Å². The molecule has 9 heteroatoms. The van der Waals surface area contributed by atoms with Crippen LogP contribution in [0.3, 0.4) is 0 Å². The summed E-state index contributed by atoms with van der Waals surface area (Å²) in [5, 5.41) is 7.19. The van der Waals surface area contributed by atoms with Gasteiger partial charge in [0.15, 0.2) is 15.6 Å². The number of aromatic nitrogens is 1. The number of alkyl halides is 1. The van der Waals surface area contributed by atoms with Crippen LogP contribution in [0, 0.1) is 5.41 Å². The van der Waals surface area contributed by atoms with Crippen molar-refractivity contribution in [1.82, 2.24) is 4.98 Å². The van der Waals surface area contributed by atoms with Crippen molar-refractivity contribution in [2.45, 2.75) is 4.90 Å². The average Bonchev–Trinajstić information content (AvgIpc) is 2.55. The molecular weight excluding hydrogens is 418 g/mol. The summed E-state index contributed by atoms with van der Waals surface area (Å²) in [4.78, 5) is 15.2. The molecular formula is C15H17BrClN3O3S. The van der Waals surface area contributed by atoms with Gasteiger partial charge in [-0.1, -0.05) is 34.1 Å². The molecule has 0 amide bonds. The molecule has 2 rings (SSSR count). The van der Waals surface area contributed by atoms with Gasteiger partial charge in [0.05, 0.1) is 10.2 Å². The number of carbonyl (C=O) groups excluding carboxylic acids is 1. The minimum absolute atomic E-state index is 0. The van der Waals surface area contributed by atoms with Crippen molar-refractivity contribution in [2.75, 3.05) is 11.6 Å². The maximum Gasteiger partial charge on any atom is 0.175 e. The Balaban J connectivity index is 0.000000460. The van der Waals surface area contributed by atoms with Crippen LogP contribution in [0.1, 0.15) is 16.1 Å². The molecule has 1 aromatic carbocycles. The highest BCUT2D eigenvalue weighted by Crippen LogP contribution is 2.11. The third-order valence-electron chi connectivity index (χ3n) is 2.67. The van der Waals surface area contributed by atoms with Gasteiger partial charge in [-0.2, -0.15) is 0 Å². The van der Waals surface area contributed by atoms with Gasteiger partial charge in [-0.15, -0.1) is 12.4 Å². The zero-order valence-corrected chi connectivity index (χ0v) is 16.0. The Kier molecular flexibility index (Phi) is 9.42. The molecule has 0 radical (unpaired) electrons. The van der Waals surface area contributed by atoms with Gasteiger partial charge in [0.1, 0.15) is 11.5 Å². The normalized spacial score (nSPS) is 9.92. The number of amidine groups is 1. The van der Waals surface area contributed by atoms with Crippen LogP contribution in [0.5, 0.6) is 0 Å². The summed E-state index contributed by atoms with van der Waals surface area (Å²) >= 11 is 3.04. The number of ketones is 1. The molecule has 0 bridgehead atoms. The summed E-state index contributed by atoms with van der Waals surface area (Å²) in [7, 11) is -3.18. The number of carbonyl (C=O) groups is 1. The van der Waals surface area contributed by atoms with Gasteiger partial charge in [0.25, 0.3) is 0 Å². The fourth-order valence-corrected chi connectivity index (χ4v) is 2.44. The molecule has 0 unspecified atom stereocenters. The second kappa shape index (κ2) is 10.2. The molecule has 6 nitrogen and oxygen atoms in total. The molecule has 0 spiro atoms. The average molecular weight is 435 g/mol. The number of hydrogen-bond donors (Lipinski definition) is 2. The highest BCUT2D eigenvalue weighted by Gasteiger charge is 2.08. The van der Waals surface area contributed by atoms with E-state index in [1.807, 2.05) is 0 Å². The van der Waals surface area contributed by atoms with Crippen molar-refractivity contribution in [1.29, 1.82) is 5.41 Å². The second-order valence-corrected chi connectivity index (χ2v) is 7.06. The lowest BCUT2D eigenvalue weighted by Gasteiger charge is -1.99. The van der Waals surface area contributed by atoms with Gasteiger partial charge in [-0.25, -0.2) is 8.42 Å². The fourth-order valence-electron chi connectivity index (χ4n) is 1.49. The van der Waals surface area contributed by atoms with Gasteiger partial charge >= 0.3 is 0 Å². The van der Waals surface area contributed by atoms with Crippen molar-refractivity contribution in [3.8, 4) is 0 Å². The Bertz CT molecular complexity index is 781. The molecule has 0 saturated heterocycles. The standard InChI is InChI=1S/C9H9BrO3S.C6H7N3.ClH/c1-14(12,13)8-4-2-7(3-5-8)9(11)6-10;7-6(8)5-3-1-2-4-9-5;/h2-5H,6H2,1H3;1-4H,(H3,7,8);1H. The van der Waals surface area contributed by atoms with Crippen LogP contribution in [0.4, 0.5) is 0 Å². The largest absolute Gasteiger partial charge is 0.382 e. The Morgan fingerprint density at radius 3 is 2.12 bits per heavy atom. The first kappa shape index (κ1) is 22.2. The van der Waals surface area contributed by atoms with Crippen LogP contribution in [-0.2, 0) is 9.84 Å². The van der Waals surface area contributed by atoms with Crippen LogP contribution in [0.25, 0.3) is 0 Å². The first-order chi connectivity index (χ1) is 10.8. The van der Waals surface area contributed by atoms with Crippen LogP contribution in [0.2, 0.25) is 0 Å². The van der Waals surface area contributed by atoms with E-state index >= 15 is 0 Å². The lowest BCUT2D eigenvalue weighted by Crippen LogP contribution is -2.12. The van der Waals surface area contributed by atoms with Crippen molar-refractivity contribution in [3.63, 3.8) is 0 Å². The monoisotopic (exact) mass is 433 g/mol. The van der Waals surface area contributed by atoms with Gasteiger partial charge in [-0.3, -0.25) is 15.2 Å². The van der Waals surface area contributed by atoms with Gasteiger partial charge < -0.3 is 5.73 Å². The molecule has 0 atom stereocenters. The van der Waals surface area contributed by atoms with Crippen molar-refractivity contribution in [2.24, 2.45) is 5.73 Å².